The number of hydrogen-bond donors (Lipinski definition) is 3. The lowest BCUT2D eigenvalue weighted by atomic mass is 9.95. The second-order valence-corrected chi connectivity index (χ2v) is 6.66. The summed E-state index contributed by atoms with van der Waals surface area (Å²) in [6.45, 7) is 12.8. The Labute approximate surface area is 123 Å². The molecular weight excluding hydrogens is 252 g/mol. The van der Waals surface area contributed by atoms with Crippen molar-refractivity contribution < 1.29 is 9.90 Å². The molecule has 0 saturated carbocycles. The van der Waals surface area contributed by atoms with E-state index in [-0.39, 0.29) is 17.9 Å². The quantitative estimate of drug-likeness (QED) is 0.597. The van der Waals surface area contributed by atoms with Crippen molar-refractivity contribution in [3.8, 4) is 0 Å². The van der Waals surface area contributed by atoms with Gasteiger partial charge in [-0.1, -0.05) is 41.5 Å². The van der Waals surface area contributed by atoms with E-state index in [1.807, 2.05) is 27.7 Å². The third-order valence-electron chi connectivity index (χ3n) is 3.09. The van der Waals surface area contributed by atoms with E-state index in [2.05, 4.69) is 19.2 Å². The van der Waals surface area contributed by atoms with E-state index in [4.69, 9.17) is 5.73 Å². The Kier molecular flexibility index (Phi) is 8.74. The van der Waals surface area contributed by atoms with Crippen LogP contribution in [-0.4, -0.2) is 29.7 Å². The van der Waals surface area contributed by atoms with E-state index >= 15 is 0 Å². The van der Waals surface area contributed by atoms with Crippen LogP contribution in [0.3, 0.4) is 0 Å². The maximum atomic E-state index is 12.1. The second-order valence-electron chi connectivity index (χ2n) is 6.66. The minimum absolute atomic E-state index is 0.0584. The monoisotopic (exact) mass is 284 g/mol. The topological polar surface area (TPSA) is 75.3 Å². The van der Waals surface area contributed by atoms with Gasteiger partial charge < -0.3 is 16.2 Å². The molecule has 118 valence electrons. The summed E-state index contributed by atoms with van der Waals surface area (Å²) in [4.78, 5) is 12.1. The molecule has 0 rings (SSSR count). The minimum Gasteiger partial charge on any atom is -0.387 e. The first-order valence-electron chi connectivity index (χ1n) is 7.58. The van der Waals surface area contributed by atoms with Gasteiger partial charge in [0.25, 0.3) is 0 Å². The molecule has 4 heteroatoms. The Bertz CT molecular complexity index is 322. The van der Waals surface area contributed by atoms with Crippen molar-refractivity contribution >= 4 is 5.91 Å². The van der Waals surface area contributed by atoms with Crippen LogP contribution >= 0.6 is 0 Å². The van der Waals surface area contributed by atoms with Crippen LogP contribution in [0.1, 0.15) is 48.0 Å². The summed E-state index contributed by atoms with van der Waals surface area (Å²) < 4.78 is 0. The second kappa shape index (κ2) is 9.14. The van der Waals surface area contributed by atoms with Gasteiger partial charge in [0.2, 0.25) is 5.91 Å². The Morgan fingerprint density at radius 2 is 1.70 bits per heavy atom. The number of hydrogen-bond acceptors (Lipinski definition) is 3. The summed E-state index contributed by atoms with van der Waals surface area (Å²) in [5.41, 5.74) is 6.57. The lowest BCUT2D eigenvalue weighted by Gasteiger charge is -2.20. The number of amides is 1. The summed E-state index contributed by atoms with van der Waals surface area (Å²) >= 11 is 0. The maximum absolute atomic E-state index is 12.1. The van der Waals surface area contributed by atoms with Gasteiger partial charge >= 0.3 is 0 Å². The zero-order valence-electron chi connectivity index (χ0n) is 13.8. The normalized spacial score (nSPS) is 15.8. The van der Waals surface area contributed by atoms with Crippen molar-refractivity contribution in [2.75, 3.05) is 6.54 Å². The first-order chi connectivity index (χ1) is 9.15. The lowest BCUT2D eigenvalue weighted by Crippen LogP contribution is -2.36. The van der Waals surface area contributed by atoms with Gasteiger partial charge in [-0.25, -0.2) is 0 Å². The average molecular weight is 284 g/mol. The number of aliphatic hydroxyl groups excluding tert-OH is 1. The molecule has 1 amide bonds. The van der Waals surface area contributed by atoms with E-state index in [0.29, 0.717) is 24.0 Å². The van der Waals surface area contributed by atoms with Crippen LogP contribution in [0.5, 0.6) is 0 Å². The first kappa shape index (κ1) is 19.1. The highest BCUT2D eigenvalue weighted by molar-refractivity contribution is 5.93. The Morgan fingerprint density at radius 1 is 1.15 bits per heavy atom. The molecule has 0 aromatic heterocycles. The van der Waals surface area contributed by atoms with E-state index in [0.717, 1.165) is 6.42 Å². The molecule has 2 atom stereocenters. The Hall–Kier alpha value is -0.870. The van der Waals surface area contributed by atoms with E-state index in [1.165, 1.54) is 0 Å². The molecule has 0 bridgehead atoms. The van der Waals surface area contributed by atoms with Crippen LogP contribution in [-0.2, 0) is 4.79 Å². The Balaban J connectivity index is 4.80. The summed E-state index contributed by atoms with van der Waals surface area (Å²) in [6.07, 6.45) is 1.57. The van der Waals surface area contributed by atoms with Crippen molar-refractivity contribution in [3.05, 3.63) is 11.6 Å². The predicted molar refractivity (Wildman–Crippen MR) is 84.2 cm³/mol. The maximum Gasteiger partial charge on any atom is 0.247 e. The highest BCUT2D eigenvalue weighted by Crippen LogP contribution is 2.14. The molecule has 0 unspecified atom stereocenters. The van der Waals surface area contributed by atoms with Crippen molar-refractivity contribution in [3.63, 3.8) is 0 Å². The molecule has 0 aromatic carbocycles. The van der Waals surface area contributed by atoms with Gasteiger partial charge in [0.1, 0.15) is 0 Å². The summed E-state index contributed by atoms with van der Waals surface area (Å²) in [5.74, 6) is 0.776. The molecule has 0 heterocycles. The fourth-order valence-corrected chi connectivity index (χ4v) is 1.92. The van der Waals surface area contributed by atoms with Gasteiger partial charge in [0, 0.05) is 18.2 Å². The van der Waals surface area contributed by atoms with Gasteiger partial charge in [-0.05, 0) is 30.3 Å². The average Bonchev–Trinajstić information content (AvgIpc) is 2.31. The molecule has 20 heavy (non-hydrogen) atoms. The van der Waals surface area contributed by atoms with Crippen LogP contribution in [0, 0.1) is 17.8 Å². The Morgan fingerprint density at radius 3 is 2.10 bits per heavy atom. The van der Waals surface area contributed by atoms with Crippen LogP contribution in [0.2, 0.25) is 0 Å². The van der Waals surface area contributed by atoms with Crippen molar-refractivity contribution in [1.82, 2.24) is 5.32 Å². The molecular formula is C16H32N2O2. The standard InChI is InChI=1S/C16H32N2O2/c1-10(2)7-14(17)15(19)8-13(12(5)6)16(20)18-9-11(3)4/h8,10-12,14-15,19H,7,9,17H2,1-6H3,(H,18,20)/b13-8+/t14-,15-/m0/s1. The summed E-state index contributed by atoms with van der Waals surface area (Å²) in [5, 5.41) is 13.0. The highest BCUT2D eigenvalue weighted by Gasteiger charge is 2.19. The molecule has 4 N–H and O–H groups in total. The summed E-state index contributed by atoms with van der Waals surface area (Å²) in [6, 6.07) is -0.332. The molecule has 0 aliphatic rings. The predicted octanol–water partition coefficient (Wildman–Crippen LogP) is 2.08. The molecule has 0 aliphatic heterocycles. The van der Waals surface area contributed by atoms with Gasteiger partial charge in [-0.2, -0.15) is 0 Å². The van der Waals surface area contributed by atoms with Crippen LogP contribution in [0.25, 0.3) is 0 Å². The van der Waals surface area contributed by atoms with Gasteiger partial charge in [-0.3, -0.25) is 4.79 Å². The fourth-order valence-electron chi connectivity index (χ4n) is 1.92. The molecule has 4 nitrogen and oxygen atoms in total. The zero-order chi connectivity index (χ0) is 15.9. The highest BCUT2D eigenvalue weighted by atomic mass is 16.3. The third-order valence-corrected chi connectivity index (χ3v) is 3.09. The molecule has 0 saturated heterocycles. The van der Waals surface area contributed by atoms with Gasteiger partial charge in [-0.15, -0.1) is 0 Å². The molecule has 0 spiro atoms. The van der Waals surface area contributed by atoms with E-state index < -0.39 is 6.10 Å². The van der Waals surface area contributed by atoms with Crippen LogP contribution < -0.4 is 11.1 Å². The molecule has 0 aromatic rings. The zero-order valence-corrected chi connectivity index (χ0v) is 13.8. The molecule has 0 radical (unpaired) electrons. The van der Waals surface area contributed by atoms with Crippen LogP contribution in [0.4, 0.5) is 0 Å². The number of aliphatic hydroxyl groups is 1. The number of rotatable bonds is 8. The minimum atomic E-state index is -0.778. The molecule has 0 aliphatic carbocycles. The molecule has 0 fully saturated rings. The number of carbonyl (C=O) groups is 1. The van der Waals surface area contributed by atoms with Crippen LogP contribution in [0.15, 0.2) is 11.6 Å². The third kappa shape index (κ3) is 7.65. The number of nitrogens with two attached hydrogens (primary N) is 1. The smallest absolute Gasteiger partial charge is 0.247 e. The number of nitrogens with one attached hydrogen (secondary N) is 1. The number of carbonyl (C=O) groups excluding carboxylic acids is 1. The summed E-state index contributed by atoms with van der Waals surface area (Å²) in [7, 11) is 0. The van der Waals surface area contributed by atoms with Crippen molar-refractivity contribution in [2.45, 2.75) is 60.1 Å². The van der Waals surface area contributed by atoms with Crippen molar-refractivity contribution in [1.29, 1.82) is 0 Å². The van der Waals surface area contributed by atoms with Gasteiger partial charge in [0.15, 0.2) is 0 Å². The lowest BCUT2D eigenvalue weighted by molar-refractivity contribution is -0.118. The first-order valence-corrected chi connectivity index (χ1v) is 7.58. The van der Waals surface area contributed by atoms with E-state index in [1.54, 1.807) is 6.08 Å². The van der Waals surface area contributed by atoms with Crippen molar-refractivity contribution in [2.24, 2.45) is 23.5 Å². The van der Waals surface area contributed by atoms with E-state index in [9.17, 15) is 9.90 Å². The SMILES string of the molecule is CC(C)CNC(=O)/C(=C/[C@H](O)[C@@H](N)CC(C)C)C(C)C. The van der Waals surface area contributed by atoms with Gasteiger partial charge in [0.05, 0.1) is 6.10 Å². The largest absolute Gasteiger partial charge is 0.387 e. The fraction of sp³-hybridized carbons (Fsp3) is 0.812.